The van der Waals surface area contributed by atoms with Crippen LogP contribution in [0.1, 0.15) is 51.2 Å². The van der Waals surface area contributed by atoms with Crippen LogP contribution in [0.2, 0.25) is 0 Å². The molecule has 1 aliphatic heterocycles. The minimum atomic E-state index is -3.47. The number of ether oxygens (including phenoxy) is 1. The average Bonchev–Trinajstić information content (AvgIpc) is 2.54. The molecule has 1 unspecified atom stereocenters. The second-order valence-corrected chi connectivity index (χ2v) is 9.66. The van der Waals surface area contributed by atoms with Gasteiger partial charge in [0.15, 0.2) is 0 Å². The summed E-state index contributed by atoms with van der Waals surface area (Å²) in [5.41, 5.74) is 1.17. The molecule has 1 fully saturated rings. The molecule has 1 N–H and O–H groups in total. The Balaban J connectivity index is 1.99. The molecule has 1 atom stereocenters. The van der Waals surface area contributed by atoms with Crippen molar-refractivity contribution in [3.63, 3.8) is 0 Å². The minimum Gasteiger partial charge on any atom is -0.444 e. The quantitative estimate of drug-likeness (QED) is 0.848. The van der Waals surface area contributed by atoms with Crippen LogP contribution in [0.15, 0.2) is 24.3 Å². The van der Waals surface area contributed by atoms with Crippen molar-refractivity contribution in [1.82, 2.24) is 9.62 Å². The summed E-state index contributed by atoms with van der Waals surface area (Å²) in [4.78, 5) is 14.1. The number of piperidine rings is 1. The van der Waals surface area contributed by atoms with Crippen molar-refractivity contribution >= 4 is 16.1 Å². The molecule has 0 radical (unpaired) electrons. The van der Waals surface area contributed by atoms with Gasteiger partial charge in [-0.2, -0.15) is 0 Å². The van der Waals surface area contributed by atoms with Crippen molar-refractivity contribution in [2.24, 2.45) is 0 Å². The number of carbonyl (C=O) groups excluding carboxylic acids is 1. The Morgan fingerprint density at radius 2 is 1.96 bits per heavy atom. The molecule has 0 saturated carbocycles. The van der Waals surface area contributed by atoms with Crippen LogP contribution < -0.4 is 4.72 Å². The van der Waals surface area contributed by atoms with Crippen LogP contribution in [-0.4, -0.2) is 44.1 Å². The van der Waals surface area contributed by atoms with E-state index in [0.29, 0.717) is 6.54 Å². The molecule has 26 heavy (non-hydrogen) atoms. The van der Waals surface area contributed by atoms with Gasteiger partial charge in [0, 0.05) is 19.1 Å². The Hall–Kier alpha value is -1.60. The van der Waals surface area contributed by atoms with E-state index in [4.69, 9.17) is 4.74 Å². The maximum Gasteiger partial charge on any atom is 0.410 e. The first-order valence-corrected chi connectivity index (χ1v) is 10.7. The molecule has 1 saturated heterocycles. The number of carbonyl (C=O) groups is 1. The van der Waals surface area contributed by atoms with Gasteiger partial charge in [0.2, 0.25) is 10.0 Å². The van der Waals surface area contributed by atoms with E-state index < -0.39 is 15.6 Å². The Bertz CT molecular complexity index is 725. The number of rotatable bonds is 5. The van der Waals surface area contributed by atoms with Gasteiger partial charge in [-0.15, -0.1) is 0 Å². The fourth-order valence-corrected chi connectivity index (χ4v) is 4.31. The van der Waals surface area contributed by atoms with Gasteiger partial charge < -0.3 is 9.64 Å². The molecule has 0 aromatic heterocycles. The molecule has 1 aromatic carbocycles. The lowest BCUT2D eigenvalue weighted by atomic mass is 10.0. The Morgan fingerprint density at radius 3 is 2.62 bits per heavy atom. The Morgan fingerprint density at radius 1 is 1.27 bits per heavy atom. The van der Waals surface area contributed by atoms with Gasteiger partial charge in [-0.1, -0.05) is 24.3 Å². The van der Waals surface area contributed by atoms with E-state index in [0.717, 1.165) is 30.4 Å². The van der Waals surface area contributed by atoms with E-state index >= 15 is 0 Å². The third-order valence-corrected chi connectivity index (χ3v) is 5.70. The van der Waals surface area contributed by atoms with E-state index in [1.54, 1.807) is 4.90 Å². The highest BCUT2D eigenvalue weighted by Gasteiger charge is 2.31. The summed E-state index contributed by atoms with van der Waals surface area (Å²) in [6, 6.07) is 7.27. The zero-order valence-corrected chi connectivity index (χ0v) is 16.9. The standard InChI is InChI=1S/C19H30N2O4S/c1-15-9-5-6-10-16(15)14-26(23,24)20-13-17-11-7-8-12-21(17)18(22)25-19(2,3)4/h5-6,9-10,17,20H,7-8,11-14H2,1-4H3. The minimum absolute atomic E-state index is 0.0567. The average molecular weight is 383 g/mol. The summed E-state index contributed by atoms with van der Waals surface area (Å²) in [5.74, 6) is -0.0567. The molecule has 1 aliphatic rings. The van der Waals surface area contributed by atoms with E-state index in [2.05, 4.69) is 4.72 Å². The van der Waals surface area contributed by atoms with Gasteiger partial charge in [-0.3, -0.25) is 0 Å². The summed E-state index contributed by atoms with van der Waals surface area (Å²) < 4.78 is 33.0. The second kappa shape index (κ2) is 8.39. The summed E-state index contributed by atoms with van der Waals surface area (Å²) in [5, 5.41) is 0. The molecule has 0 aliphatic carbocycles. The highest BCUT2D eigenvalue weighted by atomic mass is 32.2. The van der Waals surface area contributed by atoms with Gasteiger partial charge >= 0.3 is 6.09 Å². The Kier molecular flexibility index (Phi) is 6.69. The van der Waals surface area contributed by atoms with Crippen LogP contribution in [0.3, 0.4) is 0 Å². The second-order valence-electron chi connectivity index (χ2n) is 7.86. The zero-order chi connectivity index (χ0) is 19.4. The topological polar surface area (TPSA) is 75.7 Å². The summed E-state index contributed by atoms with van der Waals surface area (Å²) in [7, 11) is -3.47. The number of hydrogen-bond acceptors (Lipinski definition) is 4. The number of likely N-dealkylation sites (tertiary alicyclic amines) is 1. The highest BCUT2D eigenvalue weighted by molar-refractivity contribution is 7.88. The van der Waals surface area contributed by atoms with Gasteiger partial charge in [-0.25, -0.2) is 17.9 Å². The summed E-state index contributed by atoms with van der Waals surface area (Å²) in [6.45, 7) is 8.20. The first-order valence-electron chi connectivity index (χ1n) is 9.09. The molecule has 1 aromatic rings. The maximum atomic E-state index is 12.5. The van der Waals surface area contributed by atoms with Crippen molar-refractivity contribution in [1.29, 1.82) is 0 Å². The smallest absolute Gasteiger partial charge is 0.410 e. The fraction of sp³-hybridized carbons (Fsp3) is 0.632. The molecule has 6 nitrogen and oxygen atoms in total. The highest BCUT2D eigenvalue weighted by Crippen LogP contribution is 2.20. The first-order chi connectivity index (χ1) is 12.1. The number of benzene rings is 1. The third-order valence-electron chi connectivity index (χ3n) is 4.40. The van der Waals surface area contributed by atoms with Crippen LogP contribution in [-0.2, 0) is 20.5 Å². The molecule has 7 heteroatoms. The summed E-state index contributed by atoms with van der Waals surface area (Å²) in [6.07, 6.45) is 2.28. The number of nitrogens with zero attached hydrogens (tertiary/aromatic N) is 1. The van der Waals surface area contributed by atoms with Crippen LogP contribution in [0.4, 0.5) is 4.79 Å². The molecule has 1 amide bonds. The lowest BCUT2D eigenvalue weighted by Crippen LogP contribution is -2.50. The maximum absolute atomic E-state index is 12.5. The van der Waals surface area contributed by atoms with Crippen molar-refractivity contribution in [3.05, 3.63) is 35.4 Å². The normalized spacial score (nSPS) is 18.6. The van der Waals surface area contributed by atoms with Gasteiger partial charge in [-0.05, 0) is 58.1 Å². The number of sulfonamides is 1. The lowest BCUT2D eigenvalue weighted by Gasteiger charge is -2.36. The molecular weight excluding hydrogens is 352 g/mol. The van der Waals surface area contributed by atoms with Crippen LogP contribution in [0.25, 0.3) is 0 Å². The monoisotopic (exact) mass is 382 g/mol. The number of aryl methyl sites for hydroxylation is 1. The Labute approximate surface area is 157 Å². The molecule has 0 bridgehead atoms. The number of hydrogen-bond donors (Lipinski definition) is 1. The third kappa shape index (κ3) is 6.29. The van der Waals surface area contributed by atoms with E-state index in [-0.39, 0.29) is 24.4 Å². The SMILES string of the molecule is Cc1ccccc1CS(=O)(=O)NCC1CCCCN1C(=O)OC(C)(C)C. The zero-order valence-electron chi connectivity index (χ0n) is 16.1. The molecule has 1 heterocycles. The molecular formula is C19H30N2O4S. The van der Waals surface area contributed by atoms with Crippen LogP contribution in [0.5, 0.6) is 0 Å². The largest absolute Gasteiger partial charge is 0.444 e. The summed E-state index contributed by atoms with van der Waals surface area (Å²) >= 11 is 0. The van der Waals surface area contributed by atoms with E-state index in [1.165, 1.54) is 0 Å². The van der Waals surface area contributed by atoms with Gasteiger partial charge in [0.1, 0.15) is 5.60 Å². The fourth-order valence-electron chi connectivity index (χ4n) is 3.02. The molecule has 2 rings (SSSR count). The predicted octanol–water partition coefficient (Wildman–Crippen LogP) is 3.20. The van der Waals surface area contributed by atoms with E-state index in [1.807, 2.05) is 52.0 Å². The number of amides is 1. The molecule has 0 spiro atoms. The van der Waals surface area contributed by atoms with Gasteiger partial charge in [0.05, 0.1) is 5.75 Å². The number of nitrogens with one attached hydrogen (secondary N) is 1. The van der Waals surface area contributed by atoms with Crippen molar-refractivity contribution in [2.75, 3.05) is 13.1 Å². The predicted molar refractivity (Wildman–Crippen MR) is 102 cm³/mol. The van der Waals surface area contributed by atoms with Crippen molar-refractivity contribution in [2.45, 2.75) is 64.4 Å². The lowest BCUT2D eigenvalue weighted by molar-refractivity contribution is 0.0105. The van der Waals surface area contributed by atoms with Crippen molar-refractivity contribution < 1.29 is 17.9 Å². The molecule has 146 valence electrons. The van der Waals surface area contributed by atoms with Crippen LogP contribution in [0, 0.1) is 6.92 Å². The first kappa shape index (κ1) is 20.7. The van der Waals surface area contributed by atoms with Crippen LogP contribution >= 0.6 is 0 Å². The van der Waals surface area contributed by atoms with Gasteiger partial charge in [0.25, 0.3) is 0 Å². The van der Waals surface area contributed by atoms with E-state index in [9.17, 15) is 13.2 Å². The van der Waals surface area contributed by atoms with Crippen molar-refractivity contribution in [3.8, 4) is 0 Å².